The smallest absolute Gasteiger partial charge is 0.384 e. The molecule has 17 heavy (non-hydrogen) atoms. The van der Waals surface area contributed by atoms with E-state index in [1.807, 2.05) is 0 Å². The molecule has 0 amide bonds. The minimum Gasteiger partial charge on any atom is -0.384 e. The molecule has 2 rings (SSSR count). The average Bonchev–Trinajstić information content (AvgIpc) is 2.31. The predicted octanol–water partition coefficient (Wildman–Crippen LogP) is 1.70. The van der Waals surface area contributed by atoms with Crippen LogP contribution in [0.25, 0.3) is 0 Å². The summed E-state index contributed by atoms with van der Waals surface area (Å²) in [7, 11) is -3.69. The van der Waals surface area contributed by atoms with Crippen molar-refractivity contribution in [2.24, 2.45) is 0 Å². The number of sulfone groups is 1. The van der Waals surface area contributed by atoms with Gasteiger partial charge in [0.2, 0.25) is 0 Å². The zero-order valence-electron chi connectivity index (χ0n) is 8.75. The van der Waals surface area contributed by atoms with Crippen LogP contribution >= 0.6 is 0 Å². The maximum atomic E-state index is 12.5. The molecule has 0 aliphatic carbocycles. The summed E-state index contributed by atoms with van der Waals surface area (Å²) >= 11 is 0. The lowest BCUT2D eigenvalue weighted by Crippen LogP contribution is -2.23. The highest BCUT2D eigenvalue weighted by atomic mass is 32.2. The Morgan fingerprint density at radius 2 is 1.94 bits per heavy atom. The van der Waals surface area contributed by atoms with Crippen LogP contribution in [0.15, 0.2) is 23.1 Å². The van der Waals surface area contributed by atoms with Crippen molar-refractivity contribution in [2.45, 2.75) is 23.6 Å². The minimum atomic E-state index is -4.56. The van der Waals surface area contributed by atoms with E-state index in [2.05, 4.69) is 0 Å². The van der Waals surface area contributed by atoms with Gasteiger partial charge in [-0.1, -0.05) is 0 Å². The highest BCUT2D eigenvalue weighted by Gasteiger charge is 2.44. The normalized spacial score (nSPS) is 26.9. The molecule has 1 aromatic rings. The highest BCUT2D eigenvalue weighted by Crippen LogP contribution is 2.41. The van der Waals surface area contributed by atoms with Gasteiger partial charge in [0.25, 0.3) is 0 Å². The van der Waals surface area contributed by atoms with Gasteiger partial charge >= 0.3 is 6.18 Å². The minimum absolute atomic E-state index is 0.188. The van der Waals surface area contributed by atoms with E-state index in [0.29, 0.717) is 12.1 Å². The maximum Gasteiger partial charge on any atom is 0.416 e. The van der Waals surface area contributed by atoms with Gasteiger partial charge in [-0.2, -0.15) is 13.2 Å². The third-order valence-electron chi connectivity index (χ3n) is 2.69. The standard InChI is InChI=1S/C10H9F3O3S/c1-9(14)5-17(15,16)8-3-2-6(4-7(8)9)10(11,12)13/h2-4,14H,5H2,1H3. The van der Waals surface area contributed by atoms with Gasteiger partial charge in [0.05, 0.1) is 16.2 Å². The lowest BCUT2D eigenvalue weighted by Gasteiger charge is -2.16. The van der Waals surface area contributed by atoms with Crippen molar-refractivity contribution < 1.29 is 26.7 Å². The molecule has 0 aromatic heterocycles. The lowest BCUT2D eigenvalue weighted by atomic mass is 9.96. The predicted molar refractivity (Wildman–Crippen MR) is 53.1 cm³/mol. The zero-order valence-corrected chi connectivity index (χ0v) is 9.56. The summed E-state index contributed by atoms with van der Waals surface area (Å²) in [4.78, 5) is -0.226. The van der Waals surface area contributed by atoms with Crippen molar-refractivity contribution in [3.8, 4) is 0 Å². The van der Waals surface area contributed by atoms with Crippen LogP contribution in [0.1, 0.15) is 18.1 Å². The number of aliphatic hydroxyl groups is 1. The second-order valence-corrected chi connectivity index (χ2v) is 6.20. The molecule has 94 valence electrons. The molecular formula is C10H9F3O3S. The Labute approximate surface area is 95.8 Å². The third kappa shape index (κ3) is 1.93. The molecule has 1 heterocycles. The summed E-state index contributed by atoms with van der Waals surface area (Å²) in [5.74, 6) is -0.587. The van der Waals surface area contributed by atoms with Crippen LogP contribution in [-0.4, -0.2) is 19.3 Å². The van der Waals surface area contributed by atoms with Crippen molar-refractivity contribution in [2.75, 3.05) is 5.75 Å². The number of benzene rings is 1. The summed E-state index contributed by atoms with van der Waals surface area (Å²) < 4.78 is 60.6. The second kappa shape index (κ2) is 3.23. The van der Waals surface area contributed by atoms with Crippen molar-refractivity contribution in [3.63, 3.8) is 0 Å². The molecule has 0 radical (unpaired) electrons. The van der Waals surface area contributed by atoms with Crippen molar-refractivity contribution >= 4 is 9.84 Å². The summed E-state index contributed by atoms with van der Waals surface area (Å²) in [5, 5.41) is 9.83. The van der Waals surface area contributed by atoms with Crippen LogP contribution in [0.5, 0.6) is 0 Å². The van der Waals surface area contributed by atoms with E-state index in [1.54, 1.807) is 0 Å². The Balaban J connectivity index is 2.70. The molecular weight excluding hydrogens is 257 g/mol. The second-order valence-electron chi connectivity index (χ2n) is 4.24. The summed E-state index contributed by atoms with van der Waals surface area (Å²) in [6, 6.07) is 2.30. The van der Waals surface area contributed by atoms with Crippen LogP contribution in [0.4, 0.5) is 13.2 Å². The van der Waals surface area contributed by atoms with Crippen LogP contribution in [0.3, 0.4) is 0 Å². The molecule has 1 unspecified atom stereocenters. The molecule has 0 saturated heterocycles. The first kappa shape index (κ1) is 12.4. The fourth-order valence-corrected chi connectivity index (χ4v) is 3.86. The largest absolute Gasteiger partial charge is 0.416 e. The molecule has 0 saturated carbocycles. The van der Waals surface area contributed by atoms with Gasteiger partial charge in [0, 0.05) is 5.56 Å². The van der Waals surface area contributed by atoms with E-state index >= 15 is 0 Å². The monoisotopic (exact) mass is 266 g/mol. The summed E-state index contributed by atoms with van der Waals surface area (Å²) in [5.41, 5.74) is -2.92. The zero-order chi connectivity index (χ0) is 13.1. The number of hydrogen-bond donors (Lipinski definition) is 1. The molecule has 1 atom stereocenters. The fraction of sp³-hybridized carbons (Fsp3) is 0.400. The van der Waals surface area contributed by atoms with E-state index in [1.165, 1.54) is 6.92 Å². The van der Waals surface area contributed by atoms with E-state index in [0.717, 1.165) is 6.07 Å². The van der Waals surface area contributed by atoms with Crippen molar-refractivity contribution in [3.05, 3.63) is 29.3 Å². The Kier molecular flexibility index (Phi) is 2.35. The van der Waals surface area contributed by atoms with Gasteiger partial charge < -0.3 is 5.11 Å². The van der Waals surface area contributed by atoms with Crippen molar-refractivity contribution in [1.29, 1.82) is 0 Å². The fourth-order valence-electron chi connectivity index (χ4n) is 1.92. The number of hydrogen-bond acceptors (Lipinski definition) is 3. The Bertz CT molecular complexity index is 573. The Morgan fingerprint density at radius 1 is 1.35 bits per heavy atom. The van der Waals surface area contributed by atoms with Gasteiger partial charge in [-0.25, -0.2) is 8.42 Å². The Morgan fingerprint density at radius 3 is 2.47 bits per heavy atom. The molecule has 3 nitrogen and oxygen atoms in total. The maximum absolute atomic E-state index is 12.5. The summed E-state index contributed by atoms with van der Waals surface area (Å²) in [6.45, 7) is 1.19. The first-order valence-corrected chi connectivity index (χ1v) is 6.36. The average molecular weight is 266 g/mol. The molecule has 0 fully saturated rings. The quantitative estimate of drug-likeness (QED) is 0.777. The third-order valence-corrected chi connectivity index (χ3v) is 4.66. The van der Waals surface area contributed by atoms with Gasteiger partial charge in [-0.15, -0.1) is 0 Å². The van der Waals surface area contributed by atoms with E-state index < -0.39 is 32.9 Å². The van der Waals surface area contributed by atoms with E-state index in [-0.39, 0.29) is 10.5 Å². The Hall–Kier alpha value is -1.08. The molecule has 0 bridgehead atoms. The number of alkyl halides is 3. The first-order chi connectivity index (χ1) is 7.54. The SMILES string of the molecule is CC1(O)CS(=O)(=O)c2ccc(C(F)(F)F)cc21. The van der Waals surface area contributed by atoms with Crippen LogP contribution < -0.4 is 0 Å². The first-order valence-electron chi connectivity index (χ1n) is 4.71. The molecule has 1 aromatic carbocycles. The molecule has 1 aliphatic rings. The van der Waals surface area contributed by atoms with Crippen LogP contribution in [-0.2, 0) is 21.6 Å². The highest BCUT2D eigenvalue weighted by molar-refractivity contribution is 7.91. The van der Waals surface area contributed by atoms with Crippen molar-refractivity contribution in [1.82, 2.24) is 0 Å². The van der Waals surface area contributed by atoms with Gasteiger partial charge in [-0.05, 0) is 25.1 Å². The van der Waals surface area contributed by atoms with Gasteiger partial charge in [0.1, 0.15) is 5.60 Å². The summed E-state index contributed by atoms with van der Waals surface area (Å²) in [6.07, 6.45) is -4.56. The van der Waals surface area contributed by atoms with Gasteiger partial charge in [-0.3, -0.25) is 0 Å². The topological polar surface area (TPSA) is 54.4 Å². The molecule has 1 aliphatic heterocycles. The molecule has 1 N–H and O–H groups in total. The molecule has 0 spiro atoms. The van der Waals surface area contributed by atoms with E-state index in [4.69, 9.17) is 0 Å². The number of halogens is 3. The van der Waals surface area contributed by atoms with Crippen LogP contribution in [0.2, 0.25) is 0 Å². The number of rotatable bonds is 0. The van der Waals surface area contributed by atoms with Gasteiger partial charge in [0.15, 0.2) is 9.84 Å². The lowest BCUT2D eigenvalue weighted by molar-refractivity contribution is -0.137. The number of fused-ring (bicyclic) bond motifs is 1. The molecule has 7 heteroatoms. The van der Waals surface area contributed by atoms with E-state index in [9.17, 15) is 26.7 Å². The van der Waals surface area contributed by atoms with Crippen LogP contribution in [0, 0.1) is 0 Å².